The van der Waals surface area contributed by atoms with Crippen LogP contribution >= 0.6 is 0 Å². The summed E-state index contributed by atoms with van der Waals surface area (Å²) in [5.41, 5.74) is -1.02. The third-order valence-electron chi connectivity index (χ3n) is 2.90. The van der Waals surface area contributed by atoms with Gasteiger partial charge in [-0.3, -0.25) is 0 Å². The SMILES string of the molecule is CNc1nc(NCC(O)C2CC2)cc(C(F)(F)F)n1. The molecule has 1 aromatic rings. The Morgan fingerprint density at radius 3 is 2.63 bits per heavy atom. The highest BCUT2D eigenvalue weighted by atomic mass is 19.4. The molecule has 8 heteroatoms. The summed E-state index contributed by atoms with van der Waals surface area (Å²) in [5.74, 6) is 0.185. The van der Waals surface area contributed by atoms with Crippen molar-refractivity contribution >= 4 is 11.8 Å². The van der Waals surface area contributed by atoms with Gasteiger partial charge < -0.3 is 15.7 Å². The number of rotatable bonds is 5. The Morgan fingerprint density at radius 1 is 1.42 bits per heavy atom. The van der Waals surface area contributed by atoms with E-state index in [4.69, 9.17) is 0 Å². The van der Waals surface area contributed by atoms with E-state index in [1.54, 1.807) is 0 Å². The number of halogens is 3. The number of nitrogens with zero attached hydrogens (tertiary/aromatic N) is 2. The van der Waals surface area contributed by atoms with Gasteiger partial charge in [0.2, 0.25) is 5.95 Å². The molecule has 2 rings (SSSR count). The summed E-state index contributed by atoms with van der Waals surface area (Å²) in [7, 11) is 1.44. The van der Waals surface area contributed by atoms with E-state index in [1.165, 1.54) is 7.05 Å². The zero-order valence-corrected chi connectivity index (χ0v) is 10.3. The Balaban J connectivity index is 2.09. The average Bonchev–Trinajstić information content (AvgIpc) is 3.18. The zero-order chi connectivity index (χ0) is 14.0. The molecule has 1 aliphatic rings. The lowest BCUT2D eigenvalue weighted by Gasteiger charge is -2.13. The van der Waals surface area contributed by atoms with Crippen LogP contribution in [0.3, 0.4) is 0 Å². The molecule has 0 spiro atoms. The van der Waals surface area contributed by atoms with Gasteiger partial charge in [-0.2, -0.15) is 18.2 Å². The van der Waals surface area contributed by atoms with Crippen LogP contribution in [-0.4, -0.2) is 34.8 Å². The van der Waals surface area contributed by atoms with Crippen LogP contribution in [0.15, 0.2) is 6.07 Å². The van der Waals surface area contributed by atoms with Crippen LogP contribution in [0.2, 0.25) is 0 Å². The predicted octanol–water partition coefficient (Wildman–Crippen LogP) is 1.72. The number of alkyl halides is 3. The Bertz CT molecular complexity index is 448. The zero-order valence-electron chi connectivity index (χ0n) is 10.3. The lowest BCUT2D eigenvalue weighted by atomic mass is 10.2. The van der Waals surface area contributed by atoms with Crippen LogP contribution in [-0.2, 0) is 6.18 Å². The molecule has 1 heterocycles. The Hall–Kier alpha value is -1.57. The minimum Gasteiger partial charge on any atom is -0.391 e. The van der Waals surface area contributed by atoms with Gasteiger partial charge in [0.1, 0.15) is 5.82 Å². The van der Waals surface area contributed by atoms with E-state index in [0.29, 0.717) is 0 Å². The topological polar surface area (TPSA) is 70.1 Å². The molecule has 0 radical (unpaired) electrons. The smallest absolute Gasteiger partial charge is 0.391 e. The molecule has 3 N–H and O–H groups in total. The number of aromatic nitrogens is 2. The number of aliphatic hydroxyl groups excluding tert-OH is 1. The van der Waals surface area contributed by atoms with Crippen molar-refractivity contribution in [2.45, 2.75) is 25.1 Å². The van der Waals surface area contributed by atoms with Crippen molar-refractivity contribution < 1.29 is 18.3 Å². The van der Waals surface area contributed by atoms with Gasteiger partial charge in [0.25, 0.3) is 0 Å². The monoisotopic (exact) mass is 276 g/mol. The van der Waals surface area contributed by atoms with Crippen molar-refractivity contribution in [1.82, 2.24) is 9.97 Å². The van der Waals surface area contributed by atoms with Crippen LogP contribution < -0.4 is 10.6 Å². The second-order valence-electron chi connectivity index (χ2n) is 4.50. The summed E-state index contributed by atoms with van der Waals surface area (Å²) in [4.78, 5) is 7.22. The largest absolute Gasteiger partial charge is 0.433 e. The molecule has 0 bridgehead atoms. The normalized spacial score (nSPS) is 17.1. The highest BCUT2D eigenvalue weighted by Crippen LogP contribution is 2.33. The molecular formula is C11H15F3N4O. The van der Waals surface area contributed by atoms with Crippen LogP contribution in [0.1, 0.15) is 18.5 Å². The maximum absolute atomic E-state index is 12.6. The Labute approximate surface area is 108 Å². The molecule has 0 aliphatic heterocycles. The Kier molecular flexibility index (Phi) is 3.79. The summed E-state index contributed by atoms with van der Waals surface area (Å²) in [6.45, 7) is 0.183. The van der Waals surface area contributed by atoms with Crippen LogP contribution in [0, 0.1) is 5.92 Å². The van der Waals surface area contributed by atoms with Gasteiger partial charge in [0, 0.05) is 19.7 Å². The van der Waals surface area contributed by atoms with Gasteiger partial charge >= 0.3 is 6.18 Å². The van der Waals surface area contributed by atoms with Crippen LogP contribution in [0.4, 0.5) is 24.9 Å². The summed E-state index contributed by atoms with van der Waals surface area (Å²) in [6.07, 6.45) is -3.16. The van der Waals surface area contributed by atoms with Gasteiger partial charge in [-0.1, -0.05) is 0 Å². The minimum absolute atomic E-state index is 0.0476. The molecule has 1 fully saturated rings. The van der Waals surface area contributed by atoms with Crippen LogP contribution in [0.5, 0.6) is 0 Å². The summed E-state index contributed by atoms with van der Waals surface area (Å²) in [5, 5.41) is 14.9. The fourth-order valence-corrected chi connectivity index (χ4v) is 1.65. The number of anilines is 2. The molecule has 19 heavy (non-hydrogen) atoms. The molecule has 0 amide bonds. The van der Waals surface area contributed by atoms with Crippen molar-refractivity contribution in [3.05, 3.63) is 11.8 Å². The van der Waals surface area contributed by atoms with E-state index >= 15 is 0 Å². The first-order chi connectivity index (χ1) is 8.90. The number of hydrogen-bond donors (Lipinski definition) is 3. The maximum Gasteiger partial charge on any atom is 0.433 e. The fraction of sp³-hybridized carbons (Fsp3) is 0.636. The average molecular weight is 276 g/mol. The van der Waals surface area contributed by atoms with Crippen molar-refractivity contribution in [2.24, 2.45) is 5.92 Å². The van der Waals surface area contributed by atoms with Gasteiger partial charge in [-0.05, 0) is 18.8 Å². The molecule has 106 valence electrons. The quantitative estimate of drug-likeness (QED) is 0.764. The molecular weight excluding hydrogens is 261 g/mol. The maximum atomic E-state index is 12.6. The summed E-state index contributed by atoms with van der Waals surface area (Å²) in [6, 6.07) is 0.834. The second-order valence-corrected chi connectivity index (χ2v) is 4.50. The molecule has 0 aromatic carbocycles. The molecule has 1 atom stereocenters. The van der Waals surface area contributed by atoms with E-state index < -0.39 is 18.0 Å². The first-order valence-electron chi connectivity index (χ1n) is 5.96. The van der Waals surface area contributed by atoms with E-state index in [2.05, 4.69) is 20.6 Å². The number of aliphatic hydroxyl groups is 1. The molecule has 1 unspecified atom stereocenters. The Morgan fingerprint density at radius 2 is 2.11 bits per heavy atom. The van der Waals surface area contributed by atoms with Gasteiger partial charge in [0.05, 0.1) is 6.10 Å². The van der Waals surface area contributed by atoms with E-state index in [-0.39, 0.29) is 24.2 Å². The lowest BCUT2D eigenvalue weighted by Crippen LogP contribution is -2.22. The molecule has 1 saturated carbocycles. The highest BCUT2D eigenvalue weighted by molar-refractivity contribution is 5.43. The van der Waals surface area contributed by atoms with E-state index in [1.807, 2.05) is 0 Å². The number of hydrogen-bond acceptors (Lipinski definition) is 5. The van der Waals surface area contributed by atoms with Gasteiger partial charge in [-0.25, -0.2) is 4.98 Å². The highest BCUT2D eigenvalue weighted by Gasteiger charge is 2.34. The second kappa shape index (κ2) is 5.20. The molecule has 0 saturated heterocycles. The van der Waals surface area contributed by atoms with Crippen molar-refractivity contribution in [1.29, 1.82) is 0 Å². The van der Waals surface area contributed by atoms with E-state index in [9.17, 15) is 18.3 Å². The van der Waals surface area contributed by atoms with Gasteiger partial charge in [0.15, 0.2) is 5.69 Å². The standard InChI is InChI=1S/C11H15F3N4O/c1-15-10-17-8(11(12,13)14)4-9(18-10)16-5-7(19)6-2-3-6/h4,6-7,19H,2-3,5H2,1H3,(H2,15,16,17,18). The van der Waals surface area contributed by atoms with Crippen molar-refractivity contribution in [2.75, 3.05) is 24.2 Å². The summed E-state index contributed by atoms with van der Waals surface area (Å²) >= 11 is 0. The third kappa shape index (κ3) is 3.69. The first-order valence-corrected chi connectivity index (χ1v) is 5.96. The van der Waals surface area contributed by atoms with Crippen LogP contribution in [0.25, 0.3) is 0 Å². The van der Waals surface area contributed by atoms with Gasteiger partial charge in [-0.15, -0.1) is 0 Å². The fourth-order valence-electron chi connectivity index (χ4n) is 1.65. The van der Waals surface area contributed by atoms with Crippen molar-refractivity contribution in [3.63, 3.8) is 0 Å². The van der Waals surface area contributed by atoms with Crippen molar-refractivity contribution in [3.8, 4) is 0 Å². The summed E-state index contributed by atoms with van der Waals surface area (Å²) < 4.78 is 37.9. The predicted molar refractivity (Wildman–Crippen MR) is 63.8 cm³/mol. The third-order valence-corrected chi connectivity index (χ3v) is 2.90. The first kappa shape index (κ1) is 13.9. The molecule has 5 nitrogen and oxygen atoms in total. The molecule has 1 aliphatic carbocycles. The minimum atomic E-state index is -4.53. The lowest BCUT2D eigenvalue weighted by molar-refractivity contribution is -0.141. The molecule has 1 aromatic heterocycles. The number of nitrogens with one attached hydrogen (secondary N) is 2. The van der Waals surface area contributed by atoms with E-state index in [0.717, 1.165) is 18.9 Å².